The number of carbonyl (C=O) groups excluding carboxylic acids is 2. The zero-order chi connectivity index (χ0) is 29.0. The standard InChI is InChI=1S/C33H43N3O5/c1-33(2,3)41-32(38)35-17-19-40-29(23-35)31(37)36(27-14-15-27)22-26-21-34(16-9-18-39-4)28-13-8-12-25(30(26)28)20-24-10-6-5-7-11-24/h5-8,10-13,21,27,29H,9,14-20,22-23H2,1-4H3/t29-/m1/s1. The fourth-order valence-electron chi connectivity index (χ4n) is 5.60. The first kappa shape index (κ1) is 29.1. The molecule has 41 heavy (non-hydrogen) atoms. The number of morpholine rings is 1. The van der Waals surface area contributed by atoms with E-state index in [1.165, 1.54) is 22.0 Å². The summed E-state index contributed by atoms with van der Waals surface area (Å²) in [5.41, 5.74) is 4.24. The van der Waals surface area contributed by atoms with Crippen LogP contribution in [0.25, 0.3) is 10.9 Å². The van der Waals surface area contributed by atoms with Crippen LogP contribution in [0.2, 0.25) is 0 Å². The summed E-state index contributed by atoms with van der Waals surface area (Å²) in [5.74, 6) is -0.0541. The van der Waals surface area contributed by atoms with Crippen molar-refractivity contribution in [3.05, 3.63) is 71.4 Å². The van der Waals surface area contributed by atoms with E-state index in [4.69, 9.17) is 14.2 Å². The Bertz CT molecular complexity index is 1340. The smallest absolute Gasteiger partial charge is 0.410 e. The third-order valence-corrected chi connectivity index (χ3v) is 7.66. The van der Waals surface area contributed by atoms with Gasteiger partial charge in [-0.15, -0.1) is 0 Å². The van der Waals surface area contributed by atoms with Gasteiger partial charge in [-0.1, -0.05) is 42.5 Å². The first-order chi connectivity index (χ1) is 19.7. The largest absolute Gasteiger partial charge is 0.444 e. The molecule has 1 aromatic heterocycles. The number of benzene rings is 2. The molecule has 2 heterocycles. The van der Waals surface area contributed by atoms with Crippen LogP contribution >= 0.6 is 0 Å². The lowest BCUT2D eigenvalue weighted by molar-refractivity contribution is -0.150. The molecule has 1 saturated heterocycles. The van der Waals surface area contributed by atoms with Crippen molar-refractivity contribution in [2.75, 3.05) is 33.4 Å². The van der Waals surface area contributed by atoms with Gasteiger partial charge in [-0.3, -0.25) is 4.79 Å². The van der Waals surface area contributed by atoms with Crippen molar-refractivity contribution in [2.24, 2.45) is 0 Å². The number of fused-ring (bicyclic) bond motifs is 1. The van der Waals surface area contributed by atoms with Crippen LogP contribution in [0.1, 0.15) is 56.7 Å². The number of aryl methyl sites for hydroxylation is 1. The van der Waals surface area contributed by atoms with E-state index in [1.807, 2.05) is 31.7 Å². The van der Waals surface area contributed by atoms with Gasteiger partial charge in [0, 0.05) is 56.5 Å². The summed E-state index contributed by atoms with van der Waals surface area (Å²) in [6.45, 7) is 8.52. The van der Waals surface area contributed by atoms with Crippen LogP contribution in [0, 0.1) is 0 Å². The molecule has 0 spiro atoms. The Hall–Kier alpha value is -3.36. The Morgan fingerprint density at radius 1 is 1.05 bits per heavy atom. The fraction of sp³-hybridized carbons (Fsp3) is 0.515. The van der Waals surface area contributed by atoms with Gasteiger partial charge in [-0.25, -0.2) is 4.79 Å². The maximum Gasteiger partial charge on any atom is 0.410 e. The molecule has 220 valence electrons. The Labute approximate surface area is 243 Å². The molecule has 1 atom stereocenters. The molecule has 1 aliphatic heterocycles. The topological polar surface area (TPSA) is 73.2 Å². The van der Waals surface area contributed by atoms with Crippen molar-refractivity contribution in [3.63, 3.8) is 0 Å². The molecule has 1 saturated carbocycles. The van der Waals surface area contributed by atoms with Gasteiger partial charge in [0.1, 0.15) is 5.60 Å². The Morgan fingerprint density at radius 3 is 2.54 bits per heavy atom. The van der Waals surface area contributed by atoms with Gasteiger partial charge >= 0.3 is 6.09 Å². The summed E-state index contributed by atoms with van der Waals surface area (Å²) in [5, 5.41) is 1.21. The Morgan fingerprint density at radius 2 is 1.83 bits per heavy atom. The van der Waals surface area contributed by atoms with Gasteiger partial charge in [0.2, 0.25) is 0 Å². The van der Waals surface area contributed by atoms with Crippen molar-refractivity contribution in [2.45, 2.75) is 77.3 Å². The molecule has 8 nitrogen and oxygen atoms in total. The van der Waals surface area contributed by atoms with Crippen LogP contribution in [0.5, 0.6) is 0 Å². The van der Waals surface area contributed by atoms with Crippen LogP contribution in [-0.4, -0.2) is 77.5 Å². The molecule has 1 aliphatic carbocycles. The average Bonchev–Trinajstić information content (AvgIpc) is 3.73. The summed E-state index contributed by atoms with van der Waals surface area (Å²) in [6, 6.07) is 17.2. The lowest BCUT2D eigenvalue weighted by Crippen LogP contribution is -2.53. The van der Waals surface area contributed by atoms with Crippen molar-refractivity contribution < 1.29 is 23.8 Å². The molecule has 2 amide bonds. The minimum absolute atomic E-state index is 0.0541. The van der Waals surface area contributed by atoms with E-state index < -0.39 is 17.8 Å². The number of nitrogens with zero attached hydrogens (tertiary/aromatic N) is 3. The predicted octanol–water partition coefficient (Wildman–Crippen LogP) is 5.40. The van der Waals surface area contributed by atoms with Crippen molar-refractivity contribution in [1.82, 2.24) is 14.4 Å². The first-order valence-corrected chi connectivity index (χ1v) is 14.8. The second-order valence-corrected chi connectivity index (χ2v) is 12.2. The number of aromatic nitrogens is 1. The average molecular weight is 562 g/mol. The molecule has 0 N–H and O–H groups in total. The lowest BCUT2D eigenvalue weighted by Gasteiger charge is -2.36. The van der Waals surface area contributed by atoms with Gasteiger partial charge in [-0.05, 0) is 69.2 Å². The molecule has 2 aromatic carbocycles. The van der Waals surface area contributed by atoms with E-state index in [0.29, 0.717) is 26.3 Å². The third-order valence-electron chi connectivity index (χ3n) is 7.66. The number of rotatable bonds is 10. The summed E-state index contributed by atoms with van der Waals surface area (Å²) in [7, 11) is 1.73. The highest BCUT2D eigenvalue weighted by Gasteiger charge is 2.40. The van der Waals surface area contributed by atoms with Gasteiger partial charge in [0.15, 0.2) is 6.10 Å². The molecule has 3 aromatic rings. The highest BCUT2D eigenvalue weighted by atomic mass is 16.6. The molecule has 2 fully saturated rings. The van der Waals surface area contributed by atoms with Crippen LogP contribution in [-0.2, 0) is 38.5 Å². The molecular formula is C33H43N3O5. The van der Waals surface area contributed by atoms with E-state index >= 15 is 0 Å². The van der Waals surface area contributed by atoms with Crippen LogP contribution in [0.3, 0.4) is 0 Å². The Balaban J connectivity index is 1.42. The minimum Gasteiger partial charge on any atom is -0.444 e. The molecule has 8 heteroatoms. The predicted molar refractivity (Wildman–Crippen MR) is 159 cm³/mol. The lowest BCUT2D eigenvalue weighted by atomic mass is 9.99. The van der Waals surface area contributed by atoms with Crippen molar-refractivity contribution in [1.29, 1.82) is 0 Å². The number of carbonyl (C=O) groups is 2. The maximum absolute atomic E-state index is 14.0. The summed E-state index contributed by atoms with van der Waals surface area (Å²) in [4.78, 5) is 30.3. The maximum atomic E-state index is 14.0. The SMILES string of the molecule is COCCCn1cc(CN(C(=O)[C@H]2CN(C(=O)OC(C)(C)C)CCO2)C2CC2)c2c(Cc3ccccc3)cccc21. The number of methoxy groups -OCH3 is 1. The molecule has 0 radical (unpaired) electrons. The first-order valence-electron chi connectivity index (χ1n) is 14.8. The molecule has 5 rings (SSSR count). The van der Waals surface area contributed by atoms with Crippen LogP contribution in [0.4, 0.5) is 4.79 Å². The summed E-state index contributed by atoms with van der Waals surface area (Å²) >= 11 is 0. The summed E-state index contributed by atoms with van der Waals surface area (Å²) < 4.78 is 19.1. The van der Waals surface area contributed by atoms with Crippen molar-refractivity contribution in [3.8, 4) is 0 Å². The quantitative estimate of drug-likeness (QED) is 0.310. The van der Waals surface area contributed by atoms with E-state index in [2.05, 4.69) is 53.2 Å². The van der Waals surface area contributed by atoms with E-state index in [1.54, 1.807) is 12.0 Å². The second-order valence-electron chi connectivity index (χ2n) is 12.2. The second kappa shape index (κ2) is 12.7. The number of hydrogen-bond acceptors (Lipinski definition) is 5. The molecule has 0 bridgehead atoms. The third kappa shape index (κ3) is 7.29. The van der Waals surface area contributed by atoms with Gasteiger partial charge in [-0.2, -0.15) is 0 Å². The van der Waals surface area contributed by atoms with Gasteiger partial charge < -0.3 is 28.6 Å². The van der Waals surface area contributed by atoms with E-state index in [-0.39, 0.29) is 18.5 Å². The zero-order valence-corrected chi connectivity index (χ0v) is 24.8. The highest BCUT2D eigenvalue weighted by molar-refractivity contribution is 5.89. The number of hydrogen-bond donors (Lipinski definition) is 0. The van der Waals surface area contributed by atoms with Crippen LogP contribution < -0.4 is 0 Å². The zero-order valence-electron chi connectivity index (χ0n) is 24.8. The molecule has 0 unspecified atom stereocenters. The Kier molecular flexibility index (Phi) is 9.00. The van der Waals surface area contributed by atoms with Gasteiger partial charge in [0.05, 0.1) is 13.2 Å². The summed E-state index contributed by atoms with van der Waals surface area (Å²) in [6.07, 6.45) is 4.81. The number of amides is 2. The molecule has 2 aliphatic rings. The molecular weight excluding hydrogens is 518 g/mol. The monoisotopic (exact) mass is 561 g/mol. The number of ether oxygens (including phenoxy) is 3. The van der Waals surface area contributed by atoms with E-state index in [9.17, 15) is 9.59 Å². The van der Waals surface area contributed by atoms with E-state index in [0.717, 1.165) is 37.8 Å². The highest BCUT2D eigenvalue weighted by Crippen LogP contribution is 2.34. The normalized spacial score (nSPS) is 17.6. The van der Waals surface area contributed by atoms with Crippen molar-refractivity contribution >= 4 is 22.9 Å². The minimum atomic E-state index is -0.698. The fourth-order valence-corrected chi connectivity index (χ4v) is 5.60. The van der Waals surface area contributed by atoms with Crippen LogP contribution in [0.15, 0.2) is 54.7 Å². The van der Waals surface area contributed by atoms with Gasteiger partial charge in [0.25, 0.3) is 5.91 Å².